The zero-order valence-electron chi connectivity index (χ0n) is 20.5. The van der Waals surface area contributed by atoms with Crippen LogP contribution in [-0.2, 0) is 24.2 Å². The molecule has 0 bridgehead atoms. The second-order valence-corrected chi connectivity index (χ2v) is 9.59. The SMILES string of the molecule is CCCc1nc(CC2CCC(C(=O)O)CC2)n(Cc2ccc(-c3ccccc3-c3nn[nH]n3)cc2)n1. The molecule has 2 heterocycles. The molecule has 1 aliphatic carbocycles. The van der Waals surface area contributed by atoms with E-state index in [0.717, 1.165) is 78.8 Å². The molecule has 9 heteroatoms. The third-order valence-corrected chi connectivity index (χ3v) is 7.04. The fourth-order valence-electron chi connectivity index (χ4n) is 5.07. The molecule has 0 radical (unpaired) electrons. The van der Waals surface area contributed by atoms with Crippen molar-refractivity contribution in [2.45, 2.75) is 58.4 Å². The Bertz CT molecular complexity index is 1290. The first kappa shape index (κ1) is 23.8. The Kier molecular flexibility index (Phi) is 7.16. The monoisotopic (exact) mass is 485 g/mol. The molecule has 1 aliphatic rings. The number of nitrogens with zero attached hydrogens (tertiary/aromatic N) is 6. The molecular formula is C27H31N7O2. The fraction of sp³-hybridized carbons (Fsp3) is 0.407. The van der Waals surface area contributed by atoms with Gasteiger partial charge in [0.2, 0.25) is 5.82 Å². The minimum absolute atomic E-state index is 0.196. The maximum absolute atomic E-state index is 11.3. The quantitative estimate of drug-likeness (QED) is 0.356. The summed E-state index contributed by atoms with van der Waals surface area (Å²) in [5.74, 6) is 2.06. The molecule has 0 aliphatic heterocycles. The fourth-order valence-corrected chi connectivity index (χ4v) is 5.07. The van der Waals surface area contributed by atoms with Gasteiger partial charge in [-0.15, -0.1) is 10.2 Å². The summed E-state index contributed by atoms with van der Waals surface area (Å²) in [5, 5.41) is 28.6. The second-order valence-electron chi connectivity index (χ2n) is 9.59. The number of nitrogens with one attached hydrogen (secondary N) is 1. The number of aliphatic carboxylic acids is 1. The van der Waals surface area contributed by atoms with E-state index in [1.807, 2.05) is 22.9 Å². The number of hydrogen-bond donors (Lipinski definition) is 2. The zero-order valence-corrected chi connectivity index (χ0v) is 20.5. The Morgan fingerprint density at radius 1 is 1.06 bits per heavy atom. The molecule has 186 valence electrons. The van der Waals surface area contributed by atoms with Crippen LogP contribution in [0.25, 0.3) is 22.5 Å². The van der Waals surface area contributed by atoms with E-state index in [0.29, 0.717) is 18.3 Å². The molecular weight excluding hydrogens is 454 g/mol. The van der Waals surface area contributed by atoms with Crippen molar-refractivity contribution in [2.75, 3.05) is 0 Å². The van der Waals surface area contributed by atoms with Crippen LogP contribution in [0.5, 0.6) is 0 Å². The molecule has 1 saturated carbocycles. The molecule has 5 rings (SSSR count). The Morgan fingerprint density at radius 2 is 1.81 bits per heavy atom. The van der Waals surface area contributed by atoms with Gasteiger partial charge in [-0.2, -0.15) is 10.3 Å². The Balaban J connectivity index is 1.33. The van der Waals surface area contributed by atoms with E-state index < -0.39 is 5.97 Å². The van der Waals surface area contributed by atoms with Crippen molar-refractivity contribution in [3.8, 4) is 22.5 Å². The normalized spacial score (nSPS) is 17.8. The number of aromatic nitrogens is 7. The molecule has 2 aromatic carbocycles. The van der Waals surface area contributed by atoms with Crippen LogP contribution >= 0.6 is 0 Å². The number of carboxylic acids is 1. The van der Waals surface area contributed by atoms with Crippen molar-refractivity contribution in [1.29, 1.82) is 0 Å². The predicted molar refractivity (Wildman–Crippen MR) is 135 cm³/mol. The van der Waals surface area contributed by atoms with Crippen LogP contribution in [0.3, 0.4) is 0 Å². The van der Waals surface area contributed by atoms with E-state index in [9.17, 15) is 9.90 Å². The van der Waals surface area contributed by atoms with Crippen LogP contribution in [0.2, 0.25) is 0 Å². The minimum Gasteiger partial charge on any atom is -0.481 e. The summed E-state index contributed by atoms with van der Waals surface area (Å²) in [5.41, 5.74) is 4.22. The Morgan fingerprint density at radius 3 is 2.47 bits per heavy atom. The number of H-pyrrole nitrogens is 1. The third kappa shape index (κ3) is 5.35. The number of hydrogen-bond acceptors (Lipinski definition) is 6. The van der Waals surface area contributed by atoms with Crippen molar-refractivity contribution >= 4 is 5.97 Å². The maximum atomic E-state index is 11.3. The van der Waals surface area contributed by atoms with Crippen molar-refractivity contribution in [2.24, 2.45) is 11.8 Å². The molecule has 0 unspecified atom stereocenters. The topological polar surface area (TPSA) is 122 Å². The summed E-state index contributed by atoms with van der Waals surface area (Å²) in [6.45, 7) is 2.79. The van der Waals surface area contributed by atoms with Gasteiger partial charge in [-0.1, -0.05) is 55.5 Å². The van der Waals surface area contributed by atoms with Crippen LogP contribution in [0.15, 0.2) is 48.5 Å². The van der Waals surface area contributed by atoms with Gasteiger partial charge in [0.15, 0.2) is 5.82 Å². The van der Waals surface area contributed by atoms with E-state index in [4.69, 9.17) is 10.1 Å². The average Bonchev–Trinajstić information content (AvgIpc) is 3.56. The lowest BCUT2D eigenvalue weighted by atomic mass is 9.80. The first-order valence-electron chi connectivity index (χ1n) is 12.7. The summed E-state index contributed by atoms with van der Waals surface area (Å²) in [7, 11) is 0. The van der Waals surface area contributed by atoms with E-state index in [2.05, 4.69) is 57.9 Å². The molecule has 0 amide bonds. The van der Waals surface area contributed by atoms with Crippen molar-refractivity contribution in [3.05, 3.63) is 65.7 Å². The van der Waals surface area contributed by atoms with Gasteiger partial charge < -0.3 is 5.11 Å². The molecule has 2 aromatic heterocycles. The second kappa shape index (κ2) is 10.8. The summed E-state index contributed by atoms with van der Waals surface area (Å²) < 4.78 is 2.04. The number of carboxylic acid groups (broad SMARTS) is 1. The number of benzene rings is 2. The van der Waals surface area contributed by atoms with Gasteiger partial charge >= 0.3 is 5.97 Å². The number of aromatic amines is 1. The van der Waals surface area contributed by atoms with E-state index >= 15 is 0 Å². The van der Waals surface area contributed by atoms with Gasteiger partial charge in [0.05, 0.1) is 12.5 Å². The van der Waals surface area contributed by atoms with Crippen LogP contribution in [0.1, 0.15) is 56.2 Å². The smallest absolute Gasteiger partial charge is 0.306 e. The first-order chi connectivity index (χ1) is 17.6. The van der Waals surface area contributed by atoms with Gasteiger partial charge in [-0.05, 0) is 59.9 Å². The lowest BCUT2D eigenvalue weighted by molar-refractivity contribution is -0.143. The molecule has 2 N–H and O–H groups in total. The van der Waals surface area contributed by atoms with Crippen LogP contribution in [-0.4, -0.2) is 46.5 Å². The molecule has 36 heavy (non-hydrogen) atoms. The van der Waals surface area contributed by atoms with Gasteiger partial charge in [0.25, 0.3) is 0 Å². The van der Waals surface area contributed by atoms with Crippen molar-refractivity contribution < 1.29 is 9.90 Å². The summed E-state index contributed by atoms with van der Waals surface area (Å²) in [4.78, 5) is 16.2. The van der Waals surface area contributed by atoms with Crippen molar-refractivity contribution in [3.63, 3.8) is 0 Å². The number of aryl methyl sites for hydroxylation is 1. The average molecular weight is 486 g/mol. The molecule has 4 aromatic rings. The molecule has 0 atom stereocenters. The molecule has 9 nitrogen and oxygen atoms in total. The Hall–Kier alpha value is -3.88. The maximum Gasteiger partial charge on any atom is 0.306 e. The lowest BCUT2D eigenvalue weighted by Crippen LogP contribution is -2.23. The van der Waals surface area contributed by atoms with Gasteiger partial charge in [-0.3, -0.25) is 4.79 Å². The molecule has 0 saturated heterocycles. The highest BCUT2D eigenvalue weighted by Crippen LogP contribution is 2.32. The zero-order chi connectivity index (χ0) is 24.9. The highest BCUT2D eigenvalue weighted by Gasteiger charge is 2.27. The lowest BCUT2D eigenvalue weighted by Gasteiger charge is -2.25. The van der Waals surface area contributed by atoms with E-state index in [1.54, 1.807) is 0 Å². The summed E-state index contributed by atoms with van der Waals surface area (Å²) in [6.07, 6.45) is 6.08. The third-order valence-electron chi connectivity index (χ3n) is 7.04. The number of rotatable bonds is 9. The van der Waals surface area contributed by atoms with Gasteiger partial charge in [0, 0.05) is 18.4 Å². The highest BCUT2D eigenvalue weighted by molar-refractivity contribution is 5.80. The number of tetrazole rings is 1. The highest BCUT2D eigenvalue weighted by atomic mass is 16.4. The van der Waals surface area contributed by atoms with E-state index in [1.165, 1.54) is 0 Å². The van der Waals surface area contributed by atoms with Crippen molar-refractivity contribution in [1.82, 2.24) is 35.4 Å². The largest absolute Gasteiger partial charge is 0.481 e. The van der Waals surface area contributed by atoms with Gasteiger partial charge in [-0.25, -0.2) is 9.67 Å². The Labute approximate surface area is 210 Å². The van der Waals surface area contributed by atoms with Crippen LogP contribution in [0.4, 0.5) is 0 Å². The molecule has 1 fully saturated rings. The summed E-state index contributed by atoms with van der Waals surface area (Å²) >= 11 is 0. The number of carbonyl (C=O) groups is 1. The van der Waals surface area contributed by atoms with Crippen LogP contribution in [0, 0.1) is 11.8 Å². The first-order valence-corrected chi connectivity index (χ1v) is 12.7. The van der Waals surface area contributed by atoms with Gasteiger partial charge in [0.1, 0.15) is 5.82 Å². The standard InChI is InChI=1S/C27H31N7O2/c1-2-5-24-28-25(16-18-8-14-21(15-9-18)27(35)36)34(31-24)17-19-10-12-20(13-11-19)22-6-3-4-7-23(22)26-29-32-33-30-26/h3-4,6-7,10-13,18,21H,2,5,8-9,14-17H2,1H3,(H,35,36)(H,29,30,32,33). The minimum atomic E-state index is -0.662. The predicted octanol–water partition coefficient (Wildman–Crippen LogP) is 4.56. The summed E-state index contributed by atoms with van der Waals surface area (Å²) in [6, 6.07) is 16.5. The van der Waals surface area contributed by atoms with Crippen LogP contribution < -0.4 is 0 Å². The molecule has 0 spiro atoms. The van der Waals surface area contributed by atoms with E-state index in [-0.39, 0.29) is 5.92 Å².